The van der Waals surface area contributed by atoms with Gasteiger partial charge in [-0.25, -0.2) is 0 Å². The van der Waals surface area contributed by atoms with Gasteiger partial charge < -0.3 is 0 Å². The van der Waals surface area contributed by atoms with Crippen molar-refractivity contribution < 1.29 is 0 Å². The lowest BCUT2D eigenvalue weighted by Gasteiger charge is -2.47. The molecule has 0 amide bonds. The SMILES string of the molecule is Cc1ccc(CN2CCC3(CC2)CCN(Cc2cccnc2)CC3)cc1. The van der Waals surface area contributed by atoms with Gasteiger partial charge in [0.05, 0.1) is 0 Å². The van der Waals surface area contributed by atoms with Gasteiger partial charge in [0, 0.05) is 25.5 Å². The molecule has 0 atom stereocenters. The largest absolute Gasteiger partial charge is 0.299 e. The third-order valence-corrected chi connectivity index (χ3v) is 6.49. The molecule has 2 aromatic rings. The van der Waals surface area contributed by atoms with Crippen LogP contribution in [0.2, 0.25) is 0 Å². The summed E-state index contributed by atoms with van der Waals surface area (Å²) in [6.07, 6.45) is 9.35. The lowest BCUT2D eigenvalue weighted by atomic mass is 9.71. The van der Waals surface area contributed by atoms with Crippen molar-refractivity contribution >= 4 is 0 Å². The van der Waals surface area contributed by atoms with E-state index in [4.69, 9.17) is 0 Å². The van der Waals surface area contributed by atoms with Crippen LogP contribution in [-0.4, -0.2) is 41.0 Å². The van der Waals surface area contributed by atoms with Gasteiger partial charge in [-0.3, -0.25) is 14.8 Å². The second kappa shape index (κ2) is 7.89. The van der Waals surface area contributed by atoms with Crippen molar-refractivity contribution in [2.45, 2.75) is 45.7 Å². The maximum Gasteiger partial charge on any atom is 0.0312 e. The molecule has 3 nitrogen and oxygen atoms in total. The van der Waals surface area contributed by atoms with Crippen LogP contribution in [0.5, 0.6) is 0 Å². The second-order valence-corrected chi connectivity index (χ2v) is 8.40. The Hall–Kier alpha value is -1.71. The summed E-state index contributed by atoms with van der Waals surface area (Å²) in [5.41, 5.74) is 4.76. The van der Waals surface area contributed by atoms with Gasteiger partial charge >= 0.3 is 0 Å². The van der Waals surface area contributed by atoms with E-state index < -0.39 is 0 Å². The fraction of sp³-hybridized carbons (Fsp3) is 0.522. The molecular weight excluding hydrogens is 318 g/mol. The van der Waals surface area contributed by atoms with E-state index in [1.54, 1.807) is 0 Å². The molecule has 26 heavy (non-hydrogen) atoms. The molecule has 3 heterocycles. The molecule has 0 radical (unpaired) electrons. The first-order valence-electron chi connectivity index (χ1n) is 10.1. The van der Waals surface area contributed by atoms with E-state index in [0.29, 0.717) is 5.41 Å². The number of aryl methyl sites for hydroxylation is 1. The molecular formula is C23H31N3. The third-order valence-electron chi connectivity index (χ3n) is 6.49. The summed E-state index contributed by atoms with van der Waals surface area (Å²) in [6.45, 7) is 9.34. The van der Waals surface area contributed by atoms with Crippen LogP contribution < -0.4 is 0 Å². The Bertz CT molecular complexity index is 677. The van der Waals surface area contributed by atoms with Gasteiger partial charge in [0.25, 0.3) is 0 Å². The normalized spacial score (nSPS) is 21.1. The average Bonchev–Trinajstić information content (AvgIpc) is 2.68. The minimum absolute atomic E-state index is 0.606. The maximum atomic E-state index is 4.25. The molecule has 1 aromatic carbocycles. The minimum atomic E-state index is 0.606. The topological polar surface area (TPSA) is 19.4 Å². The lowest BCUT2D eigenvalue weighted by Crippen LogP contribution is -2.46. The number of aromatic nitrogens is 1. The molecule has 138 valence electrons. The van der Waals surface area contributed by atoms with Crippen LogP contribution in [0, 0.1) is 12.3 Å². The molecule has 4 rings (SSSR count). The summed E-state index contributed by atoms with van der Waals surface area (Å²) in [5, 5.41) is 0. The van der Waals surface area contributed by atoms with Gasteiger partial charge in [-0.1, -0.05) is 35.9 Å². The van der Waals surface area contributed by atoms with Crippen molar-refractivity contribution in [3.63, 3.8) is 0 Å². The number of pyridine rings is 1. The molecule has 0 saturated carbocycles. The molecule has 2 saturated heterocycles. The van der Waals surface area contributed by atoms with E-state index in [-0.39, 0.29) is 0 Å². The number of nitrogens with zero attached hydrogens (tertiary/aromatic N) is 3. The van der Waals surface area contributed by atoms with E-state index >= 15 is 0 Å². The predicted molar refractivity (Wildman–Crippen MR) is 107 cm³/mol. The molecule has 2 aliphatic heterocycles. The molecule has 2 fully saturated rings. The van der Waals surface area contributed by atoms with E-state index in [0.717, 1.165) is 13.1 Å². The first kappa shape index (κ1) is 17.7. The first-order chi connectivity index (χ1) is 12.7. The second-order valence-electron chi connectivity index (χ2n) is 8.40. The number of hydrogen-bond acceptors (Lipinski definition) is 3. The number of likely N-dealkylation sites (tertiary alicyclic amines) is 2. The zero-order chi connectivity index (χ0) is 17.8. The highest BCUT2D eigenvalue weighted by Gasteiger charge is 2.37. The number of rotatable bonds is 4. The van der Waals surface area contributed by atoms with Crippen molar-refractivity contribution in [2.75, 3.05) is 26.2 Å². The summed E-state index contributed by atoms with van der Waals surface area (Å²) in [6, 6.07) is 13.3. The Kier molecular flexibility index (Phi) is 5.37. The Labute approximate surface area is 158 Å². The molecule has 0 unspecified atom stereocenters. The summed E-state index contributed by atoms with van der Waals surface area (Å²) in [7, 11) is 0. The van der Waals surface area contributed by atoms with Crippen LogP contribution >= 0.6 is 0 Å². The summed E-state index contributed by atoms with van der Waals surface area (Å²) in [4.78, 5) is 9.51. The molecule has 2 aliphatic rings. The van der Waals surface area contributed by atoms with Crippen molar-refractivity contribution in [3.8, 4) is 0 Å². The third kappa shape index (κ3) is 4.33. The average molecular weight is 350 g/mol. The highest BCUT2D eigenvalue weighted by atomic mass is 15.2. The van der Waals surface area contributed by atoms with Gasteiger partial charge in [0.15, 0.2) is 0 Å². The molecule has 0 N–H and O–H groups in total. The fourth-order valence-corrected chi connectivity index (χ4v) is 4.57. The fourth-order valence-electron chi connectivity index (χ4n) is 4.57. The minimum Gasteiger partial charge on any atom is -0.299 e. The van der Waals surface area contributed by atoms with E-state index in [1.807, 2.05) is 18.5 Å². The van der Waals surface area contributed by atoms with Gasteiger partial charge in [-0.2, -0.15) is 0 Å². The van der Waals surface area contributed by atoms with Crippen LogP contribution in [0.1, 0.15) is 42.4 Å². The molecule has 0 bridgehead atoms. The Morgan fingerprint density at radius 1 is 0.808 bits per heavy atom. The summed E-state index contributed by atoms with van der Waals surface area (Å²) in [5.74, 6) is 0. The summed E-state index contributed by atoms with van der Waals surface area (Å²) < 4.78 is 0. The monoisotopic (exact) mass is 349 g/mol. The Morgan fingerprint density at radius 2 is 1.38 bits per heavy atom. The van der Waals surface area contributed by atoms with Gasteiger partial charge in [0.2, 0.25) is 0 Å². The number of piperidine rings is 2. The Morgan fingerprint density at radius 3 is 1.92 bits per heavy atom. The smallest absolute Gasteiger partial charge is 0.0312 e. The van der Waals surface area contributed by atoms with Crippen LogP contribution in [0.15, 0.2) is 48.8 Å². The highest BCUT2D eigenvalue weighted by Crippen LogP contribution is 2.41. The first-order valence-corrected chi connectivity index (χ1v) is 10.1. The number of hydrogen-bond donors (Lipinski definition) is 0. The van der Waals surface area contributed by atoms with Crippen molar-refractivity contribution in [1.82, 2.24) is 14.8 Å². The highest BCUT2D eigenvalue weighted by molar-refractivity contribution is 5.21. The van der Waals surface area contributed by atoms with Crippen LogP contribution in [-0.2, 0) is 13.1 Å². The standard InChI is InChI=1S/C23H31N3/c1-20-4-6-21(7-5-20)18-25-13-8-23(9-14-25)10-15-26(16-11-23)19-22-3-2-12-24-17-22/h2-7,12,17H,8-11,13-16,18-19H2,1H3. The van der Waals surface area contributed by atoms with Crippen molar-refractivity contribution in [1.29, 1.82) is 0 Å². The van der Waals surface area contributed by atoms with Crippen LogP contribution in [0.4, 0.5) is 0 Å². The summed E-state index contributed by atoms with van der Waals surface area (Å²) >= 11 is 0. The zero-order valence-corrected chi connectivity index (χ0v) is 16.0. The molecule has 1 spiro atoms. The van der Waals surface area contributed by atoms with Crippen molar-refractivity contribution in [3.05, 3.63) is 65.5 Å². The quantitative estimate of drug-likeness (QED) is 0.822. The molecule has 1 aromatic heterocycles. The maximum absolute atomic E-state index is 4.25. The van der Waals surface area contributed by atoms with Crippen LogP contribution in [0.3, 0.4) is 0 Å². The molecule has 3 heteroatoms. The van der Waals surface area contributed by atoms with E-state index in [1.165, 1.54) is 68.6 Å². The number of benzene rings is 1. The van der Waals surface area contributed by atoms with Crippen LogP contribution in [0.25, 0.3) is 0 Å². The zero-order valence-electron chi connectivity index (χ0n) is 16.0. The lowest BCUT2D eigenvalue weighted by molar-refractivity contribution is 0.0299. The van der Waals surface area contributed by atoms with E-state index in [9.17, 15) is 0 Å². The van der Waals surface area contributed by atoms with Gasteiger partial charge in [0.1, 0.15) is 0 Å². The Balaban J connectivity index is 1.25. The van der Waals surface area contributed by atoms with Gasteiger partial charge in [-0.15, -0.1) is 0 Å². The van der Waals surface area contributed by atoms with Crippen molar-refractivity contribution in [2.24, 2.45) is 5.41 Å². The van der Waals surface area contributed by atoms with Gasteiger partial charge in [-0.05, 0) is 81.4 Å². The predicted octanol–water partition coefficient (Wildman–Crippen LogP) is 4.27. The molecule has 0 aliphatic carbocycles. The van der Waals surface area contributed by atoms with E-state index in [2.05, 4.69) is 52.0 Å².